The topological polar surface area (TPSA) is 47.0 Å². The molecule has 0 aliphatic rings. The van der Waals surface area contributed by atoms with Gasteiger partial charge in [-0.3, -0.25) is 9.59 Å². The number of halogens is 1. The lowest BCUT2D eigenvalue weighted by atomic mass is 9.99. The number of carbonyl (C=O) groups is 2. The second-order valence-electron chi connectivity index (χ2n) is 5.55. The lowest BCUT2D eigenvalue weighted by Gasteiger charge is -2.05. The Morgan fingerprint density at radius 1 is 0.800 bits per heavy atom. The number of pyridine rings is 1. The number of carbonyl (C=O) groups excluding carboxylic acids is 2. The number of rotatable bonds is 3. The number of aryl methyl sites for hydroxylation is 2. The summed E-state index contributed by atoms with van der Waals surface area (Å²) in [7, 11) is 0. The molecule has 0 amide bonds. The van der Waals surface area contributed by atoms with Crippen LogP contribution in [0.5, 0.6) is 0 Å². The van der Waals surface area contributed by atoms with Gasteiger partial charge in [-0.05, 0) is 70.2 Å². The Hall–Kier alpha value is -2.59. The molecule has 0 saturated carbocycles. The van der Waals surface area contributed by atoms with Crippen LogP contribution in [0.3, 0.4) is 0 Å². The molecule has 0 aliphatic heterocycles. The van der Waals surface area contributed by atoms with Crippen LogP contribution in [0.1, 0.15) is 32.0 Å². The van der Waals surface area contributed by atoms with E-state index in [1.807, 2.05) is 24.3 Å². The second-order valence-corrected chi connectivity index (χ2v) is 6.36. The first-order chi connectivity index (χ1) is 12.0. The van der Waals surface area contributed by atoms with E-state index in [1.165, 1.54) is 11.1 Å². The number of hydrogen-bond acceptors (Lipinski definition) is 3. The lowest BCUT2D eigenvalue weighted by Crippen LogP contribution is -1.85. The molecule has 1 aromatic heterocycles. The standard InChI is InChI=1S/C15H14O.C6H4BrNO/c1-11-6-7-15(8-12(11)2)14-5-3-4-13(9-14)10-16;7-6-3-1-2-5(4-9)8-6/h3-10H,1-2H3;1-4H. The minimum atomic E-state index is 0.448. The Balaban J connectivity index is 0.000000212. The maximum atomic E-state index is 10.7. The zero-order chi connectivity index (χ0) is 18.2. The van der Waals surface area contributed by atoms with Crippen molar-refractivity contribution < 1.29 is 9.59 Å². The molecule has 0 atom stereocenters. The summed E-state index contributed by atoms with van der Waals surface area (Å²) < 4.78 is 0.687. The fraction of sp³-hybridized carbons (Fsp3) is 0.0952. The van der Waals surface area contributed by atoms with Gasteiger partial charge in [0.2, 0.25) is 0 Å². The van der Waals surface area contributed by atoms with E-state index >= 15 is 0 Å². The summed E-state index contributed by atoms with van der Waals surface area (Å²) in [6.07, 6.45) is 1.59. The number of benzene rings is 2. The Bertz CT molecular complexity index is 891. The van der Waals surface area contributed by atoms with Crippen LogP contribution in [-0.2, 0) is 0 Å². The van der Waals surface area contributed by atoms with Crippen molar-refractivity contribution in [2.75, 3.05) is 0 Å². The molecule has 0 aliphatic carbocycles. The van der Waals surface area contributed by atoms with Gasteiger partial charge < -0.3 is 0 Å². The average molecular weight is 396 g/mol. The molecule has 0 spiro atoms. The molecule has 2 aromatic carbocycles. The van der Waals surface area contributed by atoms with Gasteiger partial charge in [0.05, 0.1) is 0 Å². The maximum absolute atomic E-state index is 10.7. The molecule has 126 valence electrons. The van der Waals surface area contributed by atoms with E-state index in [-0.39, 0.29) is 0 Å². The maximum Gasteiger partial charge on any atom is 0.168 e. The summed E-state index contributed by atoms with van der Waals surface area (Å²) in [4.78, 5) is 24.6. The molecule has 25 heavy (non-hydrogen) atoms. The minimum absolute atomic E-state index is 0.448. The lowest BCUT2D eigenvalue weighted by molar-refractivity contribution is 0.111. The second kappa shape index (κ2) is 9.04. The summed E-state index contributed by atoms with van der Waals surface area (Å²) in [6.45, 7) is 4.20. The van der Waals surface area contributed by atoms with Crippen molar-refractivity contribution in [3.05, 3.63) is 87.7 Å². The third-order valence-corrected chi connectivity index (χ3v) is 4.16. The first kappa shape index (κ1) is 18.7. The monoisotopic (exact) mass is 395 g/mol. The molecule has 3 nitrogen and oxygen atoms in total. The van der Waals surface area contributed by atoms with Crippen molar-refractivity contribution in [3.8, 4) is 11.1 Å². The van der Waals surface area contributed by atoms with Gasteiger partial charge in [-0.25, -0.2) is 4.98 Å². The van der Waals surface area contributed by atoms with Crippen LogP contribution in [0.25, 0.3) is 11.1 Å². The molecule has 4 heteroatoms. The van der Waals surface area contributed by atoms with Crippen molar-refractivity contribution in [1.29, 1.82) is 0 Å². The quantitative estimate of drug-likeness (QED) is 0.438. The Morgan fingerprint density at radius 2 is 1.52 bits per heavy atom. The van der Waals surface area contributed by atoms with Crippen LogP contribution in [0.2, 0.25) is 0 Å². The highest BCUT2D eigenvalue weighted by Gasteiger charge is 2.00. The zero-order valence-corrected chi connectivity index (χ0v) is 15.7. The van der Waals surface area contributed by atoms with Crippen LogP contribution in [0.15, 0.2) is 65.3 Å². The highest BCUT2D eigenvalue weighted by atomic mass is 79.9. The molecular formula is C21H18BrNO2. The van der Waals surface area contributed by atoms with E-state index in [0.29, 0.717) is 16.6 Å². The van der Waals surface area contributed by atoms with Crippen LogP contribution in [0, 0.1) is 13.8 Å². The van der Waals surface area contributed by atoms with Crippen molar-refractivity contribution in [2.24, 2.45) is 0 Å². The minimum Gasteiger partial charge on any atom is -0.298 e. The van der Waals surface area contributed by atoms with Crippen molar-refractivity contribution in [1.82, 2.24) is 4.98 Å². The smallest absolute Gasteiger partial charge is 0.168 e. The zero-order valence-electron chi connectivity index (χ0n) is 14.1. The number of hydrogen-bond donors (Lipinski definition) is 0. The molecular weight excluding hydrogens is 378 g/mol. The molecule has 0 N–H and O–H groups in total. The molecule has 0 saturated heterocycles. The molecule has 1 heterocycles. The molecule has 3 aromatic rings. The van der Waals surface area contributed by atoms with E-state index in [4.69, 9.17) is 0 Å². The van der Waals surface area contributed by atoms with E-state index in [0.717, 1.165) is 23.0 Å². The third-order valence-electron chi connectivity index (χ3n) is 3.72. The van der Waals surface area contributed by atoms with Crippen LogP contribution < -0.4 is 0 Å². The van der Waals surface area contributed by atoms with Crippen molar-refractivity contribution in [2.45, 2.75) is 13.8 Å². The van der Waals surface area contributed by atoms with Gasteiger partial charge >= 0.3 is 0 Å². The van der Waals surface area contributed by atoms with Gasteiger partial charge in [0, 0.05) is 5.56 Å². The van der Waals surface area contributed by atoms with Crippen LogP contribution in [-0.4, -0.2) is 17.6 Å². The fourth-order valence-corrected chi connectivity index (χ4v) is 2.56. The Kier molecular flexibility index (Phi) is 6.78. The number of aldehydes is 2. The van der Waals surface area contributed by atoms with Gasteiger partial charge in [0.25, 0.3) is 0 Å². The largest absolute Gasteiger partial charge is 0.298 e. The van der Waals surface area contributed by atoms with Gasteiger partial charge in [-0.1, -0.05) is 42.5 Å². The number of aromatic nitrogens is 1. The van der Waals surface area contributed by atoms with Gasteiger partial charge in [-0.15, -0.1) is 0 Å². The normalized spacial score (nSPS) is 9.72. The van der Waals surface area contributed by atoms with E-state index < -0.39 is 0 Å². The predicted octanol–water partition coefficient (Wildman–Crippen LogP) is 5.44. The van der Waals surface area contributed by atoms with Crippen LogP contribution >= 0.6 is 15.9 Å². The Labute approximate surface area is 155 Å². The fourth-order valence-electron chi connectivity index (χ4n) is 2.20. The summed E-state index contributed by atoms with van der Waals surface area (Å²) in [5.74, 6) is 0. The molecule has 0 bridgehead atoms. The highest BCUT2D eigenvalue weighted by Crippen LogP contribution is 2.22. The summed E-state index contributed by atoms with van der Waals surface area (Å²) in [5, 5.41) is 0. The number of nitrogens with zero attached hydrogens (tertiary/aromatic N) is 1. The SMILES string of the molecule is Cc1ccc(-c2cccc(C=O)c2)cc1C.O=Cc1cccc(Br)n1. The van der Waals surface area contributed by atoms with E-state index in [1.54, 1.807) is 18.2 Å². The van der Waals surface area contributed by atoms with Gasteiger partial charge in [0.15, 0.2) is 6.29 Å². The van der Waals surface area contributed by atoms with E-state index in [9.17, 15) is 9.59 Å². The summed E-state index contributed by atoms with van der Waals surface area (Å²) >= 11 is 3.13. The predicted molar refractivity (Wildman–Crippen MR) is 104 cm³/mol. The third kappa shape index (κ3) is 5.47. The average Bonchev–Trinajstić information content (AvgIpc) is 2.64. The van der Waals surface area contributed by atoms with Gasteiger partial charge in [0.1, 0.15) is 16.6 Å². The molecule has 0 fully saturated rings. The summed E-state index contributed by atoms with van der Waals surface area (Å²) in [6, 6.07) is 19.2. The first-order valence-corrected chi connectivity index (χ1v) is 8.53. The summed E-state index contributed by atoms with van der Waals surface area (Å²) in [5.41, 5.74) is 5.98. The van der Waals surface area contributed by atoms with Crippen molar-refractivity contribution in [3.63, 3.8) is 0 Å². The Morgan fingerprint density at radius 3 is 2.12 bits per heavy atom. The molecule has 0 unspecified atom stereocenters. The molecule has 0 radical (unpaired) electrons. The first-order valence-electron chi connectivity index (χ1n) is 7.74. The van der Waals surface area contributed by atoms with Crippen molar-refractivity contribution >= 4 is 28.5 Å². The van der Waals surface area contributed by atoms with Gasteiger partial charge in [-0.2, -0.15) is 0 Å². The molecule has 3 rings (SSSR count). The van der Waals surface area contributed by atoms with Crippen LogP contribution in [0.4, 0.5) is 0 Å². The highest BCUT2D eigenvalue weighted by molar-refractivity contribution is 9.10. The van der Waals surface area contributed by atoms with E-state index in [2.05, 4.69) is 53.0 Å².